The van der Waals surface area contributed by atoms with E-state index in [4.69, 9.17) is 19.3 Å². The normalized spacial score (nSPS) is 18.0. The third-order valence-corrected chi connectivity index (χ3v) is 5.72. The summed E-state index contributed by atoms with van der Waals surface area (Å²) in [4.78, 5) is 36.2. The first-order chi connectivity index (χ1) is 16.0. The van der Waals surface area contributed by atoms with Gasteiger partial charge in [-0.1, -0.05) is 48.5 Å². The smallest absolute Gasteiger partial charge is 0.407 e. The molecule has 9 heteroatoms. The summed E-state index contributed by atoms with van der Waals surface area (Å²) in [5.74, 6) is -1.98. The van der Waals surface area contributed by atoms with Gasteiger partial charge < -0.3 is 30.0 Å². The van der Waals surface area contributed by atoms with Crippen LogP contribution in [0.1, 0.15) is 23.5 Å². The average Bonchev–Trinajstić information content (AvgIpc) is 3.15. The number of hydrogen-bond donors (Lipinski definition) is 3. The second kappa shape index (κ2) is 10.5. The maximum Gasteiger partial charge on any atom is 0.407 e. The quantitative estimate of drug-likeness (QED) is 0.557. The third-order valence-electron chi connectivity index (χ3n) is 5.72. The zero-order valence-corrected chi connectivity index (χ0v) is 18.0. The minimum Gasteiger partial charge on any atom is -0.481 e. The molecule has 1 aliphatic carbocycles. The van der Waals surface area contributed by atoms with E-state index in [2.05, 4.69) is 10.6 Å². The summed E-state index contributed by atoms with van der Waals surface area (Å²) in [5.41, 5.74) is 4.31. The van der Waals surface area contributed by atoms with Gasteiger partial charge in [-0.15, -0.1) is 0 Å². The Kier molecular flexibility index (Phi) is 7.21. The molecular formula is C24H26N2O7. The lowest BCUT2D eigenvalue weighted by molar-refractivity contribution is -0.140. The van der Waals surface area contributed by atoms with E-state index in [0.29, 0.717) is 19.8 Å². The summed E-state index contributed by atoms with van der Waals surface area (Å²) in [6.45, 7) is 1.48. The Morgan fingerprint density at radius 3 is 2.30 bits per heavy atom. The standard InChI is InChI=1S/C24H26N2O7/c27-22(28)11-21(23(29)25-12-15-13-31-9-10-32-15)26-24(30)33-14-20-18-7-3-1-5-16(18)17-6-2-4-8-19(17)20/h1-8,15,20-21H,9-14H2,(H,25,29)(H,26,30)(H,27,28). The number of hydrogen-bond acceptors (Lipinski definition) is 6. The molecule has 9 nitrogen and oxygen atoms in total. The molecule has 2 amide bonds. The lowest BCUT2D eigenvalue weighted by Crippen LogP contribution is -2.50. The highest BCUT2D eigenvalue weighted by Crippen LogP contribution is 2.44. The van der Waals surface area contributed by atoms with Gasteiger partial charge >= 0.3 is 12.1 Å². The molecule has 0 aromatic heterocycles. The van der Waals surface area contributed by atoms with Gasteiger partial charge in [0.2, 0.25) is 5.91 Å². The molecule has 2 aromatic carbocycles. The van der Waals surface area contributed by atoms with Crippen LogP contribution in [0.2, 0.25) is 0 Å². The number of rotatable bonds is 8. The van der Waals surface area contributed by atoms with Gasteiger partial charge in [-0.2, -0.15) is 0 Å². The monoisotopic (exact) mass is 454 g/mol. The zero-order chi connectivity index (χ0) is 23.2. The molecule has 1 saturated heterocycles. The van der Waals surface area contributed by atoms with Crippen LogP contribution in [0, 0.1) is 0 Å². The molecule has 1 fully saturated rings. The van der Waals surface area contributed by atoms with Crippen LogP contribution in [-0.4, -0.2) is 68.2 Å². The molecule has 0 saturated carbocycles. The summed E-state index contributed by atoms with van der Waals surface area (Å²) in [6.07, 6.45) is -1.74. The molecule has 33 heavy (non-hydrogen) atoms. The van der Waals surface area contributed by atoms with Crippen LogP contribution < -0.4 is 10.6 Å². The predicted octanol–water partition coefficient (Wildman–Crippen LogP) is 1.90. The van der Waals surface area contributed by atoms with Crippen molar-refractivity contribution in [2.75, 3.05) is 33.0 Å². The van der Waals surface area contributed by atoms with E-state index in [9.17, 15) is 14.4 Å². The number of fused-ring (bicyclic) bond motifs is 3. The minimum absolute atomic E-state index is 0.0640. The van der Waals surface area contributed by atoms with E-state index in [0.717, 1.165) is 22.3 Å². The largest absolute Gasteiger partial charge is 0.481 e. The summed E-state index contributed by atoms with van der Waals surface area (Å²) in [6, 6.07) is 14.6. The number of ether oxygens (including phenoxy) is 3. The highest BCUT2D eigenvalue weighted by Gasteiger charge is 2.30. The number of alkyl carbamates (subject to hydrolysis) is 1. The fourth-order valence-electron chi connectivity index (χ4n) is 4.16. The molecule has 2 atom stereocenters. The third kappa shape index (κ3) is 5.50. The van der Waals surface area contributed by atoms with Gasteiger partial charge in [-0.25, -0.2) is 4.79 Å². The molecular weight excluding hydrogens is 428 g/mol. The number of carboxylic acid groups (broad SMARTS) is 1. The molecule has 2 aromatic rings. The molecule has 0 bridgehead atoms. The molecule has 2 aliphatic rings. The molecule has 0 spiro atoms. The minimum atomic E-state index is -1.28. The summed E-state index contributed by atoms with van der Waals surface area (Å²) in [7, 11) is 0. The van der Waals surface area contributed by atoms with Crippen molar-refractivity contribution in [1.29, 1.82) is 0 Å². The number of nitrogens with one attached hydrogen (secondary N) is 2. The number of amides is 2. The van der Waals surface area contributed by atoms with Crippen molar-refractivity contribution in [1.82, 2.24) is 10.6 Å². The van der Waals surface area contributed by atoms with Crippen molar-refractivity contribution in [2.24, 2.45) is 0 Å². The van der Waals surface area contributed by atoms with Crippen molar-refractivity contribution in [3.63, 3.8) is 0 Å². The van der Waals surface area contributed by atoms with Gasteiger partial charge in [0.25, 0.3) is 0 Å². The van der Waals surface area contributed by atoms with Crippen molar-refractivity contribution in [2.45, 2.75) is 24.5 Å². The second-order valence-electron chi connectivity index (χ2n) is 7.93. The Balaban J connectivity index is 1.35. The fourth-order valence-corrected chi connectivity index (χ4v) is 4.16. The Labute approximate surface area is 191 Å². The summed E-state index contributed by atoms with van der Waals surface area (Å²) < 4.78 is 16.2. The Bertz CT molecular complexity index is 974. The molecule has 2 unspecified atom stereocenters. The van der Waals surface area contributed by atoms with Gasteiger partial charge in [0.15, 0.2) is 0 Å². The van der Waals surface area contributed by atoms with Gasteiger partial charge in [-0.05, 0) is 22.3 Å². The fraction of sp³-hybridized carbons (Fsp3) is 0.375. The van der Waals surface area contributed by atoms with Crippen LogP contribution in [0.15, 0.2) is 48.5 Å². The average molecular weight is 454 g/mol. The van der Waals surface area contributed by atoms with Gasteiger partial charge in [0.1, 0.15) is 12.6 Å². The predicted molar refractivity (Wildman–Crippen MR) is 118 cm³/mol. The summed E-state index contributed by atoms with van der Waals surface area (Å²) in [5, 5.41) is 14.2. The zero-order valence-electron chi connectivity index (χ0n) is 18.0. The highest BCUT2D eigenvalue weighted by molar-refractivity contribution is 5.89. The first kappa shape index (κ1) is 22.8. The van der Waals surface area contributed by atoms with E-state index >= 15 is 0 Å². The maximum atomic E-state index is 12.5. The summed E-state index contributed by atoms with van der Waals surface area (Å²) >= 11 is 0. The van der Waals surface area contributed by atoms with Crippen LogP contribution in [0.4, 0.5) is 4.79 Å². The number of aliphatic carboxylic acids is 1. The molecule has 4 rings (SSSR count). The number of carbonyl (C=O) groups is 3. The van der Waals surface area contributed by atoms with Crippen molar-refractivity contribution in [3.8, 4) is 11.1 Å². The van der Waals surface area contributed by atoms with Crippen LogP contribution in [-0.2, 0) is 23.8 Å². The van der Waals surface area contributed by atoms with E-state index in [1.54, 1.807) is 0 Å². The van der Waals surface area contributed by atoms with Crippen LogP contribution in [0.25, 0.3) is 11.1 Å². The molecule has 1 heterocycles. The topological polar surface area (TPSA) is 123 Å². The lowest BCUT2D eigenvalue weighted by atomic mass is 9.98. The molecule has 0 radical (unpaired) electrons. The van der Waals surface area contributed by atoms with Gasteiger partial charge in [0, 0.05) is 12.5 Å². The Morgan fingerprint density at radius 1 is 1.03 bits per heavy atom. The van der Waals surface area contributed by atoms with Crippen molar-refractivity contribution in [3.05, 3.63) is 59.7 Å². The van der Waals surface area contributed by atoms with E-state index in [-0.39, 0.29) is 25.2 Å². The van der Waals surface area contributed by atoms with Crippen molar-refractivity contribution >= 4 is 18.0 Å². The molecule has 1 aliphatic heterocycles. The van der Waals surface area contributed by atoms with Crippen LogP contribution in [0.3, 0.4) is 0 Å². The SMILES string of the molecule is O=C(O)CC(NC(=O)OCC1c2ccccc2-c2ccccc21)C(=O)NCC1COCCO1. The Hall–Kier alpha value is -3.43. The highest BCUT2D eigenvalue weighted by atomic mass is 16.6. The van der Waals surface area contributed by atoms with E-state index < -0.39 is 30.4 Å². The maximum absolute atomic E-state index is 12.5. The van der Waals surface area contributed by atoms with Gasteiger partial charge in [0.05, 0.1) is 32.3 Å². The van der Waals surface area contributed by atoms with E-state index in [1.165, 1.54) is 0 Å². The lowest BCUT2D eigenvalue weighted by Gasteiger charge is -2.24. The van der Waals surface area contributed by atoms with Crippen molar-refractivity contribution < 1.29 is 33.7 Å². The number of carboxylic acids is 1. The first-order valence-corrected chi connectivity index (χ1v) is 10.8. The Morgan fingerprint density at radius 2 is 1.70 bits per heavy atom. The van der Waals surface area contributed by atoms with Crippen LogP contribution >= 0.6 is 0 Å². The first-order valence-electron chi connectivity index (χ1n) is 10.8. The number of carbonyl (C=O) groups excluding carboxylic acids is 2. The van der Waals surface area contributed by atoms with Gasteiger partial charge in [-0.3, -0.25) is 9.59 Å². The van der Waals surface area contributed by atoms with Crippen LogP contribution in [0.5, 0.6) is 0 Å². The molecule has 174 valence electrons. The second-order valence-corrected chi connectivity index (χ2v) is 7.93. The molecule has 3 N–H and O–H groups in total. The number of benzene rings is 2. The van der Waals surface area contributed by atoms with E-state index in [1.807, 2.05) is 48.5 Å².